The molecule has 2 heterocycles. The van der Waals surface area contributed by atoms with Crippen LogP contribution in [0.4, 0.5) is 18.9 Å². The second-order valence-corrected chi connectivity index (χ2v) is 7.73. The summed E-state index contributed by atoms with van der Waals surface area (Å²) in [4.78, 5) is 24.5. The van der Waals surface area contributed by atoms with E-state index in [2.05, 4.69) is 5.32 Å². The summed E-state index contributed by atoms with van der Waals surface area (Å²) >= 11 is 0. The number of alkyl halides is 3. The van der Waals surface area contributed by atoms with Gasteiger partial charge in [-0.1, -0.05) is 6.07 Å². The van der Waals surface area contributed by atoms with Crippen molar-refractivity contribution in [1.82, 2.24) is 4.57 Å². The minimum atomic E-state index is -4.65. The third-order valence-corrected chi connectivity index (χ3v) is 5.73. The zero-order valence-electron chi connectivity index (χ0n) is 18.3. The fraction of sp³-hybridized carbons (Fsp3) is 0.217. The Kier molecular flexibility index (Phi) is 5.75. The number of rotatable bonds is 5. The zero-order chi connectivity index (χ0) is 25.7. The summed E-state index contributed by atoms with van der Waals surface area (Å²) in [5, 5.41) is 32.9. The molecule has 0 saturated carbocycles. The van der Waals surface area contributed by atoms with Gasteiger partial charge in [-0.25, -0.2) is 4.79 Å². The maximum absolute atomic E-state index is 13.4. The molecular weight excluding hydrogens is 473 g/mol. The van der Waals surface area contributed by atoms with Gasteiger partial charge in [0.05, 0.1) is 31.2 Å². The Bertz CT molecular complexity index is 1350. The van der Waals surface area contributed by atoms with Gasteiger partial charge < -0.3 is 34.7 Å². The first-order valence-corrected chi connectivity index (χ1v) is 10.1. The highest BCUT2D eigenvalue weighted by atomic mass is 19.4. The second kappa shape index (κ2) is 8.46. The maximum atomic E-state index is 13.4. The monoisotopic (exact) mass is 492 g/mol. The number of methoxy groups -OCH3 is 2. The number of halogens is 3. The number of carboxylic acids is 1. The lowest BCUT2D eigenvalue weighted by Crippen LogP contribution is -2.26. The van der Waals surface area contributed by atoms with Gasteiger partial charge in [0, 0.05) is 29.8 Å². The minimum absolute atomic E-state index is 0.00124. The molecule has 0 aliphatic carbocycles. The molecule has 184 valence electrons. The lowest BCUT2D eigenvalue weighted by Gasteiger charge is -2.28. The number of aromatic nitrogens is 1. The van der Waals surface area contributed by atoms with Crippen LogP contribution in [-0.4, -0.2) is 46.0 Å². The summed E-state index contributed by atoms with van der Waals surface area (Å²) in [6.45, 7) is 0. The van der Waals surface area contributed by atoms with Crippen molar-refractivity contribution >= 4 is 17.6 Å². The number of carboxylic acid groups (broad SMARTS) is 1. The van der Waals surface area contributed by atoms with E-state index in [0.717, 1.165) is 18.3 Å². The van der Waals surface area contributed by atoms with E-state index < -0.39 is 41.0 Å². The first kappa shape index (κ1) is 23.8. The molecular formula is C23H19F3N2O7. The Morgan fingerprint density at radius 1 is 1.14 bits per heavy atom. The number of aromatic carboxylic acids is 1. The van der Waals surface area contributed by atoms with Crippen LogP contribution < -0.4 is 14.8 Å². The van der Waals surface area contributed by atoms with Gasteiger partial charge in [0.25, 0.3) is 0 Å². The summed E-state index contributed by atoms with van der Waals surface area (Å²) in [6, 6.07) is 5.58. The Labute approximate surface area is 195 Å². The predicted octanol–water partition coefficient (Wildman–Crippen LogP) is 4.10. The minimum Gasteiger partial charge on any atom is -0.502 e. The van der Waals surface area contributed by atoms with Crippen LogP contribution in [0, 0.1) is 0 Å². The third kappa shape index (κ3) is 3.96. The van der Waals surface area contributed by atoms with Gasteiger partial charge in [0.15, 0.2) is 11.5 Å². The summed E-state index contributed by atoms with van der Waals surface area (Å²) in [5.74, 6) is -4.62. The van der Waals surface area contributed by atoms with Crippen molar-refractivity contribution in [2.75, 3.05) is 19.5 Å². The van der Waals surface area contributed by atoms with E-state index in [-0.39, 0.29) is 46.1 Å². The van der Waals surface area contributed by atoms with Crippen LogP contribution in [0.2, 0.25) is 0 Å². The molecule has 1 amide bonds. The number of hydrogen-bond donors (Lipinski definition) is 4. The van der Waals surface area contributed by atoms with Crippen molar-refractivity contribution in [3.05, 3.63) is 58.9 Å². The first-order chi connectivity index (χ1) is 16.5. The van der Waals surface area contributed by atoms with Gasteiger partial charge in [-0.2, -0.15) is 13.2 Å². The van der Waals surface area contributed by atoms with E-state index in [0.29, 0.717) is 0 Å². The molecule has 3 aromatic rings. The van der Waals surface area contributed by atoms with Gasteiger partial charge in [0.1, 0.15) is 5.56 Å². The van der Waals surface area contributed by atoms with E-state index in [1.165, 1.54) is 37.0 Å². The Balaban J connectivity index is 2.04. The van der Waals surface area contributed by atoms with Crippen molar-refractivity contribution in [1.29, 1.82) is 0 Å². The number of carbonyl (C=O) groups excluding carboxylic acids is 1. The molecule has 0 bridgehead atoms. The number of phenolic OH excluding ortho intramolecular Hbond substituents is 2. The number of anilines is 1. The molecule has 1 aliphatic rings. The molecule has 1 aliphatic heterocycles. The van der Waals surface area contributed by atoms with Gasteiger partial charge in [-0.05, 0) is 24.3 Å². The fourth-order valence-electron chi connectivity index (χ4n) is 4.20. The number of fused-ring (bicyclic) bond motifs is 1. The molecule has 2 aromatic carbocycles. The van der Waals surface area contributed by atoms with E-state index in [1.807, 2.05) is 0 Å². The normalized spacial score (nSPS) is 15.3. The third-order valence-electron chi connectivity index (χ3n) is 5.73. The van der Waals surface area contributed by atoms with Crippen molar-refractivity contribution in [2.24, 2.45) is 0 Å². The van der Waals surface area contributed by atoms with Crippen LogP contribution in [0.3, 0.4) is 0 Å². The van der Waals surface area contributed by atoms with Crippen LogP contribution in [0.15, 0.2) is 36.5 Å². The van der Waals surface area contributed by atoms with Crippen LogP contribution >= 0.6 is 0 Å². The van der Waals surface area contributed by atoms with Crippen molar-refractivity contribution in [3.63, 3.8) is 0 Å². The van der Waals surface area contributed by atoms with Crippen molar-refractivity contribution < 1.29 is 47.6 Å². The molecule has 1 aromatic heterocycles. The van der Waals surface area contributed by atoms with Crippen LogP contribution in [0.5, 0.6) is 23.0 Å². The number of ether oxygens (including phenoxy) is 2. The van der Waals surface area contributed by atoms with E-state index in [4.69, 9.17) is 9.47 Å². The topological polar surface area (TPSA) is 130 Å². The number of aromatic hydroxyl groups is 2. The molecule has 9 nitrogen and oxygen atoms in total. The van der Waals surface area contributed by atoms with Crippen molar-refractivity contribution in [3.8, 4) is 28.7 Å². The van der Waals surface area contributed by atoms with Gasteiger partial charge in [0.2, 0.25) is 17.4 Å². The fourth-order valence-corrected chi connectivity index (χ4v) is 4.20. The number of benzene rings is 2. The molecule has 1 unspecified atom stereocenters. The molecule has 35 heavy (non-hydrogen) atoms. The van der Waals surface area contributed by atoms with Gasteiger partial charge in [-0.15, -0.1) is 0 Å². The predicted molar refractivity (Wildman–Crippen MR) is 116 cm³/mol. The number of phenols is 2. The van der Waals surface area contributed by atoms with Gasteiger partial charge >= 0.3 is 12.1 Å². The summed E-state index contributed by atoms with van der Waals surface area (Å²) < 4.78 is 51.7. The number of nitrogens with one attached hydrogen (secondary N) is 1. The SMILES string of the molecule is COc1cc(C2CC(=O)Nc3c(C(=O)O)cn(-c4cccc(C(F)(F)F)c4)c32)c(OC)c(O)c1O. The summed E-state index contributed by atoms with van der Waals surface area (Å²) in [5.41, 5.74) is -1.11. The largest absolute Gasteiger partial charge is 0.502 e. The van der Waals surface area contributed by atoms with Crippen LogP contribution in [0.1, 0.15) is 39.5 Å². The molecule has 12 heteroatoms. The first-order valence-electron chi connectivity index (χ1n) is 10.1. The number of carbonyl (C=O) groups is 2. The number of hydrogen-bond acceptors (Lipinski definition) is 6. The second-order valence-electron chi connectivity index (χ2n) is 7.73. The average Bonchev–Trinajstić information content (AvgIpc) is 3.19. The Hall–Kier alpha value is -4.35. The Morgan fingerprint density at radius 3 is 2.46 bits per heavy atom. The number of nitrogens with zero attached hydrogens (tertiary/aromatic N) is 1. The van der Waals surface area contributed by atoms with Gasteiger partial charge in [-0.3, -0.25) is 4.79 Å². The lowest BCUT2D eigenvalue weighted by atomic mass is 9.87. The van der Waals surface area contributed by atoms with E-state index >= 15 is 0 Å². The highest BCUT2D eigenvalue weighted by Crippen LogP contribution is 2.51. The lowest BCUT2D eigenvalue weighted by molar-refractivity contribution is -0.137. The highest BCUT2D eigenvalue weighted by molar-refractivity contribution is 6.04. The molecule has 4 rings (SSSR count). The maximum Gasteiger partial charge on any atom is 0.416 e. The Morgan fingerprint density at radius 2 is 1.86 bits per heavy atom. The molecule has 1 atom stereocenters. The zero-order valence-corrected chi connectivity index (χ0v) is 18.3. The molecule has 0 saturated heterocycles. The molecule has 4 N–H and O–H groups in total. The molecule has 0 radical (unpaired) electrons. The summed E-state index contributed by atoms with van der Waals surface area (Å²) in [6.07, 6.45) is -3.80. The molecule has 0 fully saturated rings. The number of amides is 1. The average molecular weight is 492 g/mol. The summed E-state index contributed by atoms with van der Waals surface area (Å²) in [7, 11) is 2.44. The van der Waals surface area contributed by atoms with E-state index in [9.17, 15) is 38.1 Å². The van der Waals surface area contributed by atoms with Crippen LogP contribution in [-0.2, 0) is 11.0 Å². The van der Waals surface area contributed by atoms with E-state index in [1.54, 1.807) is 0 Å². The standard InChI is InChI=1S/C23H19F3N2O7/c1-34-15-7-13(21(35-2)20(31)19(15)30)12-8-16(29)27-17-14(22(32)33)9-28(18(12)17)11-5-3-4-10(6-11)23(24,25)26/h3-7,9,12,30-31H,8H2,1-2H3,(H,27,29)(H,32,33). The highest BCUT2D eigenvalue weighted by Gasteiger charge is 2.38. The van der Waals surface area contributed by atoms with Crippen molar-refractivity contribution in [2.45, 2.75) is 18.5 Å². The quantitative estimate of drug-likeness (QED) is 0.395. The van der Waals surface area contributed by atoms with Crippen LogP contribution in [0.25, 0.3) is 5.69 Å². The smallest absolute Gasteiger partial charge is 0.416 e. The molecule has 0 spiro atoms.